The molecule has 3 aromatic rings. The summed E-state index contributed by atoms with van der Waals surface area (Å²) in [5.41, 5.74) is 3.31. The molecule has 1 N–H and O–H groups in total. The Morgan fingerprint density at radius 1 is 1.00 bits per heavy atom. The second-order valence-corrected chi connectivity index (χ2v) is 6.32. The van der Waals surface area contributed by atoms with Gasteiger partial charge < -0.3 is 19.4 Å². The molecule has 0 fully saturated rings. The van der Waals surface area contributed by atoms with Crippen LogP contribution in [-0.4, -0.2) is 24.7 Å². The minimum absolute atomic E-state index is 0.0277. The van der Waals surface area contributed by atoms with E-state index < -0.39 is 0 Å². The molecule has 1 heterocycles. The number of nitrogens with one attached hydrogen (secondary N) is 1. The van der Waals surface area contributed by atoms with Gasteiger partial charge in [-0.2, -0.15) is 0 Å². The fourth-order valence-electron chi connectivity index (χ4n) is 3.00. The molecule has 3 rings (SSSR count). The molecule has 0 saturated heterocycles. The summed E-state index contributed by atoms with van der Waals surface area (Å²) in [7, 11) is 5.25. The first-order chi connectivity index (χ1) is 12.6. The Hall–Kier alpha value is -2.95. The highest BCUT2D eigenvalue weighted by atomic mass is 16.5. The van der Waals surface area contributed by atoms with Crippen LogP contribution in [-0.2, 0) is 24.8 Å². The molecule has 1 aromatic heterocycles. The summed E-state index contributed by atoms with van der Waals surface area (Å²) in [6.45, 7) is 0.449. The van der Waals surface area contributed by atoms with Crippen LogP contribution in [0.1, 0.15) is 17.5 Å². The van der Waals surface area contributed by atoms with Gasteiger partial charge in [0.1, 0.15) is 11.5 Å². The van der Waals surface area contributed by atoms with Gasteiger partial charge in [0.25, 0.3) is 0 Å². The number of rotatable bonds is 7. The van der Waals surface area contributed by atoms with E-state index in [0.29, 0.717) is 24.5 Å². The zero-order valence-corrected chi connectivity index (χ0v) is 15.4. The first kappa shape index (κ1) is 17.9. The minimum atomic E-state index is 0.0277. The van der Waals surface area contributed by atoms with Crippen molar-refractivity contribution in [2.45, 2.75) is 19.4 Å². The summed E-state index contributed by atoms with van der Waals surface area (Å²) in [5.74, 6) is 1.45. The summed E-state index contributed by atoms with van der Waals surface area (Å²) >= 11 is 0. The van der Waals surface area contributed by atoms with Crippen molar-refractivity contribution < 1.29 is 14.3 Å². The van der Waals surface area contributed by atoms with Crippen molar-refractivity contribution in [2.24, 2.45) is 7.05 Å². The Morgan fingerprint density at radius 2 is 1.73 bits per heavy atom. The predicted octanol–water partition coefficient (Wildman–Crippen LogP) is 3.44. The van der Waals surface area contributed by atoms with Crippen molar-refractivity contribution in [3.8, 4) is 11.5 Å². The summed E-state index contributed by atoms with van der Waals surface area (Å²) in [5, 5.41) is 4.16. The van der Waals surface area contributed by atoms with Gasteiger partial charge in [0.05, 0.1) is 14.2 Å². The fraction of sp³-hybridized carbons (Fsp3) is 0.286. The molecule has 0 unspecified atom stereocenters. The molecule has 0 aliphatic rings. The van der Waals surface area contributed by atoms with E-state index in [4.69, 9.17) is 9.47 Å². The highest BCUT2D eigenvalue weighted by molar-refractivity contribution is 5.81. The average Bonchev–Trinajstić information content (AvgIpc) is 3.04. The number of carbonyl (C=O) groups is 1. The number of methoxy groups -OCH3 is 2. The van der Waals surface area contributed by atoms with Crippen LogP contribution in [0.3, 0.4) is 0 Å². The van der Waals surface area contributed by atoms with Crippen LogP contribution in [0.15, 0.2) is 48.7 Å². The number of fused-ring (bicyclic) bond motifs is 1. The molecule has 0 bridgehead atoms. The van der Waals surface area contributed by atoms with Crippen molar-refractivity contribution in [3.63, 3.8) is 0 Å². The third kappa shape index (κ3) is 4.17. The summed E-state index contributed by atoms with van der Waals surface area (Å²) in [6.07, 6.45) is 3.22. The average molecular weight is 352 g/mol. The molecular weight excluding hydrogens is 328 g/mol. The van der Waals surface area contributed by atoms with E-state index in [0.717, 1.165) is 12.0 Å². The van der Waals surface area contributed by atoms with Gasteiger partial charge in [-0.25, -0.2) is 0 Å². The molecule has 0 saturated carbocycles. The van der Waals surface area contributed by atoms with Gasteiger partial charge in [0.15, 0.2) is 0 Å². The van der Waals surface area contributed by atoms with Gasteiger partial charge in [-0.3, -0.25) is 4.79 Å². The van der Waals surface area contributed by atoms with Gasteiger partial charge in [-0.1, -0.05) is 6.07 Å². The molecular formula is C21H24N2O3. The highest BCUT2D eigenvalue weighted by Gasteiger charge is 2.06. The number of hydrogen-bond acceptors (Lipinski definition) is 3. The highest BCUT2D eigenvalue weighted by Crippen LogP contribution is 2.22. The first-order valence-corrected chi connectivity index (χ1v) is 8.61. The molecule has 0 aliphatic heterocycles. The number of hydrogen-bond donors (Lipinski definition) is 1. The zero-order valence-electron chi connectivity index (χ0n) is 15.4. The lowest BCUT2D eigenvalue weighted by molar-refractivity contribution is -0.121. The molecule has 5 nitrogen and oxygen atoms in total. The maximum atomic E-state index is 12.2. The topological polar surface area (TPSA) is 52.5 Å². The van der Waals surface area contributed by atoms with Crippen LogP contribution >= 0.6 is 0 Å². The van der Waals surface area contributed by atoms with Crippen molar-refractivity contribution >= 4 is 16.8 Å². The molecule has 0 atom stereocenters. The number of benzene rings is 2. The Bertz CT molecular complexity index is 893. The van der Waals surface area contributed by atoms with Gasteiger partial charge in [0.2, 0.25) is 5.91 Å². The van der Waals surface area contributed by atoms with E-state index in [9.17, 15) is 4.79 Å². The maximum Gasteiger partial charge on any atom is 0.220 e. The van der Waals surface area contributed by atoms with Gasteiger partial charge >= 0.3 is 0 Å². The largest absolute Gasteiger partial charge is 0.497 e. The molecule has 0 radical (unpaired) electrons. The smallest absolute Gasteiger partial charge is 0.220 e. The quantitative estimate of drug-likeness (QED) is 0.709. The predicted molar refractivity (Wildman–Crippen MR) is 103 cm³/mol. The summed E-state index contributed by atoms with van der Waals surface area (Å²) in [4.78, 5) is 12.2. The number of carbonyl (C=O) groups excluding carboxylic acids is 1. The molecule has 1 amide bonds. The molecule has 26 heavy (non-hydrogen) atoms. The molecule has 5 heteroatoms. The maximum absolute atomic E-state index is 12.2. The third-order valence-corrected chi connectivity index (χ3v) is 4.49. The van der Waals surface area contributed by atoms with Crippen LogP contribution in [0.4, 0.5) is 0 Å². The monoisotopic (exact) mass is 352 g/mol. The Labute approximate surface area is 153 Å². The number of aryl methyl sites for hydroxylation is 2. The molecule has 136 valence electrons. The van der Waals surface area contributed by atoms with Crippen LogP contribution in [0, 0.1) is 0 Å². The van der Waals surface area contributed by atoms with E-state index in [1.54, 1.807) is 14.2 Å². The van der Waals surface area contributed by atoms with Crippen LogP contribution in [0.5, 0.6) is 11.5 Å². The summed E-state index contributed by atoms with van der Waals surface area (Å²) < 4.78 is 12.6. The lowest BCUT2D eigenvalue weighted by Crippen LogP contribution is -2.23. The lowest BCUT2D eigenvalue weighted by Gasteiger charge is -2.10. The zero-order chi connectivity index (χ0) is 18.5. The Balaban J connectivity index is 1.55. The second kappa shape index (κ2) is 7.95. The van der Waals surface area contributed by atoms with E-state index in [1.807, 2.05) is 31.4 Å². The third-order valence-electron chi connectivity index (χ3n) is 4.49. The van der Waals surface area contributed by atoms with Gasteiger partial charge in [0, 0.05) is 37.8 Å². The number of ether oxygens (including phenoxy) is 2. The van der Waals surface area contributed by atoms with Crippen molar-refractivity contribution in [1.82, 2.24) is 9.88 Å². The van der Waals surface area contributed by atoms with Crippen molar-refractivity contribution in [2.75, 3.05) is 14.2 Å². The normalized spacial score (nSPS) is 10.7. The van der Waals surface area contributed by atoms with Crippen molar-refractivity contribution in [3.05, 3.63) is 59.8 Å². The fourth-order valence-corrected chi connectivity index (χ4v) is 3.00. The SMILES string of the molecule is COc1cc(CNC(=O)CCc2ccc3c(ccn3C)c2)cc(OC)c1. The number of nitrogens with zero attached hydrogens (tertiary/aromatic N) is 1. The molecule has 2 aromatic carbocycles. The van der Waals surface area contributed by atoms with Crippen LogP contribution in [0.2, 0.25) is 0 Å². The first-order valence-electron chi connectivity index (χ1n) is 8.61. The summed E-state index contributed by atoms with van der Waals surface area (Å²) in [6, 6.07) is 14.0. The van der Waals surface area contributed by atoms with Crippen LogP contribution < -0.4 is 14.8 Å². The molecule has 0 aliphatic carbocycles. The Morgan fingerprint density at radius 3 is 2.42 bits per heavy atom. The standard InChI is InChI=1S/C21H24N2O3/c1-23-9-8-17-10-15(4-6-20(17)23)5-7-21(24)22-14-16-11-18(25-2)13-19(12-16)26-3/h4,6,8-13H,5,7,14H2,1-3H3,(H,22,24). The van der Waals surface area contributed by atoms with Gasteiger partial charge in [-0.15, -0.1) is 0 Å². The van der Waals surface area contributed by atoms with E-state index in [2.05, 4.69) is 34.1 Å². The Kier molecular flexibility index (Phi) is 5.46. The van der Waals surface area contributed by atoms with Crippen LogP contribution in [0.25, 0.3) is 10.9 Å². The number of aromatic nitrogens is 1. The van der Waals surface area contributed by atoms with Crippen molar-refractivity contribution in [1.29, 1.82) is 0 Å². The molecule has 0 spiro atoms. The second-order valence-electron chi connectivity index (χ2n) is 6.32. The number of amides is 1. The van der Waals surface area contributed by atoms with E-state index >= 15 is 0 Å². The van der Waals surface area contributed by atoms with E-state index in [-0.39, 0.29) is 5.91 Å². The minimum Gasteiger partial charge on any atom is -0.497 e. The van der Waals surface area contributed by atoms with Gasteiger partial charge in [-0.05, 0) is 53.3 Å². The van der Waals surface area contributed by atoms with E-state index in [1.165, 1.54) is 16.5 Å². The lowest BCUT2D eigenvalue weighted by atomic mass is 10.1.